The Labute approximate surface area is 229 Å². The van der Waals surface area contributed by atoms with Crippen LogP contribution in [0.15, 0.2) is 66.7 Å². The second-order valence-electron chi connectivity index (χ2n) is 11.5. The van der Waals surface area contributed by atoms with Crippen LogP contribution in [0.25, 0.3) is 11.1 Å². The van der Waals surface area contributed by atoms with Crippen LogP contribution in [0, 0.1) is 0 Å². The topological polar surface area (TPSA) is 48.0 Å². The van der Waals surface area contributed by atoms with Crippen molar-refractivity contribution in [1.82, 2.24) is 4.90 Å². The Morgan fingerprint density at radius 1 is 0.895 bits per heavy atom. The van der Waals surface area contributed by atoms with Gasteiger partial charge in [0, 0.05) is 12.5 Å². The minimum absolute atomic E-state index is 0.0622. The third-order valence-corrected chi connectivity index (χ3v) is 7.36. The highest BCUT2D eigenvalue weighted by atomic mass is 16.6. The van der Waals surface area contributed by atoms with Crippen molar-refractivity contribution in [3.05, 3.63) is 72.3 Å². The Morgan fingerprint density at radius 3 is 2.32 bits per heavy atom. The van der Waals surface area contributed by atoms with Crippen LogP contribution in [0.5, 0.6) is 0 Å². The van der Waals surface area contributed by atoms with Crippen LogP contribution in [0.3, 0.4) is 0 Å². The minimum Gasteiger partial charge on any atom is -0.460 e. The number of hydrogen-bond donors (Lipinski definition) is 0. The fourth-order valence-corrected chi connectivity index (χ4v) is 5.52. The zero-order chi connectivity index (χ0) is 26.8. The lowest BCUT2D eigenvalue weighted by atomic mass is 10.0. The van der Waals surface area contributed by atoms with E-state index in [2.05, 4.69) is 53.4 Å². The molecule has 2 aromatic carbocycles. The number of benzene rings is 2. The molecule has 206 valence electrons. The quantitative estimate of drug-likeness (QED) is 0.237. The lowest BCUT2D eigenvalue weighted by Crippen LogP contribution is -2.47. The van der Waals surface area contributed by atoms with Crippen molar-refractivity contribution in [2.45, 2.75) is 96.2 Å². The minimum atomic E-state index is -0.436. The van der Waals surface area contributed by atoms with E-state index in [0.29, 0.717) is 32.1 Å². The van der Waals surface area contributed by atoms with Gasteiger partial charge in [-0.2, -0.15) is 0 Å². The van der Waals surface area contributed by atoms with Crippen molar-refractivity contribution in [1.29, 1.82) is 0 Å². The maximum absolute atomic E-state index is 11.9. The lowest BCUT2D eigenvalue weighted by molar-refractivity contribution is -0.154. The summed E-state index contributed by atoms with van der Waals surface area (Å²) in [6.07, 6.45) is 11.3. The molecule has 0 amide bonds. The number of nitrogens with zero attached hydrogens (tertiary/aromatic N) is 1. The van der Waals surface area contributed by atoms with Crippen LogP contribution in [-0.2, 0) is 25.6 Å². The maximum Gasteiger partial charge on any atom is 0.306 e. The van der Waals surface area contributed by atoms with Crippen LogP contribution >= 0.6 is 0 Å². The van der Waals surface area contributed by atoms with Gasteiger partial charge in [-0.15, -0.1) is 0 Å². The van der Waals surface area contributed by atoms with Crippen LogP contribution in [0.1, 0.15) is 71.3 Å². The molecule has 0 bridgehead atoms. The van der Waals surface area contributed by atoms with Gasteiger partial charge >= 0.3 is 5.97 Å². The Bertz CT molecular complexity index is 1010. The molecule has 1 aliphatic heterocycles. The summed E-state index contributed by atoms with van der Waals surface area (Å²) in [5.74, 6) is -0.158. The molecular formula is C33H45NO4. The smallest absolute Gasteiger partial charge is 0.306 e. The maximum atomic E-state index is 11.9. The lowest BCUT2D eigenvalue weighted by Gasteiger charge is -2.36. The standard InChI is InChI=1S/C33H45NO4/c1-33(2,3)38-31(35)15-9-5-12-24-36-32-29(34-22-10-6-11-23-34)20-21-30(32)37-25-26-16-18-28(19-17-26)27-13-7-4-8-14-27/h4-5,7-8,12-14,16-19,29-30,32H,6,9-11,15,20-25H2,1-3H3/t29-,30-,32+/m1/s1. The average Bonchev–Trinajstić information content (AvgIpc) is 3.32. The summed E-state index contributed by atoms with van der Waals surface area (Å²) >= 11 is 0. The molecule has 1 aliphatic carbocycles. The van der Waals surface area contributed by atoms with Crippen molar-refractivity contribution in [3.8, 4) is 11.1 Å². The molecule has 0 radical (unpaired) electrons. The number of carbonyl (C=O) groups excluding carboxylic acids is 1. The molecule has 0 spiro atoms. The predicted octanol–water partition coefficient (Wildman–Crippen LogP) is 6.95. The van der Waals surface area contributed by atoms with E-state index >= 15 is 0 Å². The van der Waals surface area contributed by atoms with E-state index in [1.807, 2.05) is 39.0 Å². The molecule has 1 saturated heterocycles. The summed E-state index contributed by atoms with van der Waals surface area (Å²) in [5.41, 5.74) is 3.20. The summed E-state index contributed by atoms with van der Waals surface area (Å²) in [6, 6.07) is 19.6. The second kappa shape index (κ2) is 14.1. The Balaban J connectivity index is 1.29. The van der Waals surface area contributed by atoms with Gasteiger partial charge in [-0.1, -0.05) is 73.2 Å². The van der Waals surface area contributed by atoms with Crippen molar-refractivity contribution < 1.29 is 19.0 Å². The number of allylic oxidation sites excluding steroid dienone is 1. The van der Waals surface area contributed by atoms with Gasteiger partial charge in [0.15, 0.2) is 0 Å². The largest absolute Gasteiger partial charge is 0.460 e. The van der Waals surface area contributed by atoms with E-state index in [4.69, 9.17) is 14.2 Å². The molecule has 3 atom stereocenters. The number of likely N-dealkylation sites (tertiary alicyclic amines) is 1. The summed E-state index contributed by atoms with van der Waals surface area (Å²) in [7, 11) is 0. The van der Waals surface area contributed by atoms with Crippen molar-refractivity contribution >= 4 is 5.97 Å². The summed E-state index contributed by atoms with van der Waals surface area (Å²) in [4.78, 5) is 14.6. The fraction of sp³-hybridized carbons (Fsp3) is 0.545. The Kier molecular flexibility index (Phi) is 10.6. The molecule has 1 heterocycles. The molecule has 1 saturated carbocycles. The molecule has 0 aromatic heterocycles. The first-order valence-electron chi connectivity index (χ1n) is 14.4. The third-order valence-electron chi connectivity index (χ3n) is 7.36. The Hall–Kier alpha value is -2.47. The van der Waals surface area contributed by atoms with Gasteiger partial charge in [-0.05, 0) is 82.7 Å². The van der Waals surface area contributed by atoms with E-state index in [9.17, 15) is 4.79 Å². The molecule has 5 nitrogen and oxygen atoms in total. The molecule has 4 rings (SSSR count). The number of piperidine rings is 1. The van der Waals surface area contributed by atoms with E-state index < -0.39 is 5.60 Å². The number of rotatable bonds is 11. The zero-order valence-corrected chi connectivity index (χ0v) is 23.4. The average molecular weight is 520 g/mol. The van der Waals surface area contributed by atoms with E-state index in [0.717, 1.165) is 25.9 Å². The first kappa shape index (κ1) is 28.5. The highest BCUT2D eigenvalue weighted by Gasteiger charge is 2.41. The summed E-state index contributed by atoms with van der Waals surface area (Å²) in [5, 5.41) is 0. The van der Waals surface area contributed by atoms with E-state index in [1.165, 1.54) is 36.0 Å². The summed E-state index contributed by atoms with van der Waals surface area (Å²) in [6.45, 7) is 9.13. The monoisotopic (exact) mass is 519 g/mol. The first-order valence-corrected chi connectivity index (χ1v) is 14.4. The predicted molar refractivity (Wildman–Crippen MR) is 153 cm³/mol. The van der Waals surface area contributed by atoms with Gasteiger partial charge in [-0.3, -0.25) is 9.69 Å². The fourth-order valence-electron chi connectivity index (χ4n) is 5.52. The number of carbonyl (C=O) groups is 1. The molecule has 0 N–H and O–H groups in total. The van der Waals surface area contributed by atoms with Crippen molar-refractivity contribution in [2.24, 2.45) is 0 Å². The van der Waals surface area contributed by atoms with Crippen molar-refractivity contribution in [3.63, 3.8) is 0 Å². The molecule has 5 heteroatoms. The normalized spacial score (nSPS) is 22.7. The molecule has 2 aliphatic rings. The highest BCUT2D eigenvalue weighted by Crippen LogP contribution is 2.32. The molecule has 2 fully saturated rings. The SMILES string of the molecule is CC(C)(C)OC(=O)CCC=CCO[C@H]1[C@H](N2CCCCC2)CC[C@H]1OCc1ccc(-c2ccccc2)cc1. The first-order chi connectivity index (χ1) is 18.4. The molecule has 38 heavy (non-hydrogen) atoms. The van der Waals surface area contributed by atoms with Crippen LogP contribution in [0.4, 0.5) is 0 Å². The van der Waals surface area contributed by atoms with E-state index in [-0.39, 0.29) is 18.2 Å². The van der Waals surface area contributed by atoms with Gasteiger partial charge in [0.1, 0.15) is 5.60 Å². The van der Waals surface area contributed by atoms with Gasteiger partial charge in [0.25, 0.3) is 0 Å². The van der Waals surface area contributed by atoms with Crippen molar-refractivity contribution in [2.75, 3.05) is 19.7 Å². The number of esters is 1. The van der Waals surface area contributed by atoms with Gasteiger partial charge in [-0.25, -0.2) is 0 Å². The number of ether oxygens (including phenoxy) is 3. The van der Waals surface area contributed by atoms with Crippen LogP contribution in [0.2, 0.25) is 0 Å². The van der Waals surface area contributed by atoms with Gasteiger partial charge in [0.2, 0.25) is 0 Å². The zero-order valence-electron chi connectivity index (χ0n) is 23.4. The molecule has 2 aromatic rings. The highest BCUT2D eigenvalue weighted by molar-refractivity contribution is 5.70. The summed E-state index contributed by atoms with van der Waals surface area (Å²) < 4.78 is 18.3. The molecule has 0 unspecified atom stereocenters. The van der Waals surface area contributed by atoms with Crippen LogP contribution < -0.4 is 0 Å². The van der Waals surface area contributed by atoms with Crippen LogP contribution in [-0.4, -0.2) is 54.4 Å². The Morgan fingerprint density at radius 2 is 1.61 bits per heavy atom. The van der Waals surface area contributed by atoms with E-state index in [1.54, 1.807) is 0 Å². The molecular weight excluding hydrogens is 474 g/mol. The van der Waals surface area contributed by atoms with Gasteiger partial charge < -0.3 is 14.2 Å². The third kappa shape index (κ3) is 8.79. The van der Waals surface area contributed by atoms with Gasteiger partial charge in [0.05, 0.1) is 25.4 Å². The number of hydrogen-bond acceptors (Lipinski definition) is 5. The second-order valence-corrected chi connectivity index (χ2v) is 11.5.